The highest BCUT2D eigenvalue weighted by molar-refractivity contribution is 6.35. The van der Waals surface area contributed by atoms with Crippen LogP contribution in [0, 0.1) is 0 Å². The zero-order valence-corrected chi connectivity index (χ0v) is 14.1. The lowest BCUT2D eigenvalue weighted by molar-refractivity contribution is 0.174. The quantitative estimate of drug-likeness (QED) is 0.641. The molecule has 2 heterocycles. The van der Waals surface area contributed by atoms with Gasteiger partial charge in [-0.2, -0.15) is 5.11 Å². The van der Waals surface area contributed by atoms with Gasteiger partial charge in [0.05, 0.1) is 11.4 Å². The first-order valence-electron chi connectivity index (χ1n) is 7.18. The van der Waals surface area contributed by atoms with E-state index in [0.29, 0.717) is 38.5 Å². The number of nitrogens with one attached hydrogen (secondary N) is 2. The van der Waals surface area contributed by atoms with E-state index in [0.717, 1.165) is 0 Å². The number of halogens is 2. The van der Waals surface area contributed by atoms with Crippen molar-refractivity contribution in [3.63, 3.8) is 0 Å². The van der Waals surface area contributed by atoms with Crippen LogP contribution in [0.5, 0.6) is 11.5 Å². The van der Waals surface area contributed by atoms with E-state index >= 15 is 0 Å². The molecule has 126 valence electrons. The lowest BCUT2D eigenvalue weighted by atomic mass is 10.1. The number of hydrogen-bond donors (Lipinski definition) is 2. The van der Waals surface area contributed by atoms with E-state index in [9.17, 15) is 4.79 Å². The molecule has 1 aliphatic heterocycles. The molecular weight excluding hydrogens is 367 g/mol. The van der Waals surface area contributed by atoms with Gasteiger partial charge in [-0.15, -0.1) is 5.11 Å². The molecule has 0 spiro atoms. The second kappa shape index (κ2) is 6.27. The van der Waals surface area contributed by atoms with Crippen molar-refractivity contribution in [2.75, 3.05) is 6.79 Å². The van der Waals surface area contributed by atoms with Gasteiger partial charge < -0.3 is 9.47 Å². The van der Waals surface area contributed by atoms with E-state index in [1.807, 2.05) is 0 Å². The van der Waals surface area contributed by atoms with Gasteiger partial charge in [0, 0.05) is 15.6 Å². The molecule has 2 aromatic carbocycles. The molecule has 0 atom stereocenters. The van der Waals surface area contributed by atoms with Crippen molar-refractivity contribution in [2.24, 2.45) is 10.2 Å². The summed E-state index contributed by atoms with van der Waals surface area (Å²) in [7, 11) is 0. The maximum Gasteiger partial charge on any atom is 0.292 e. The van der Waals surface area contributed by atoms with Crippen molar-refractivity contribution < 1.29 is 9.47 Å². The minimum absolute atomic E-state index is 0.134. The fourth-order valence-electron chi connectivity index (χ4n) is 2.41. The molecule has 4 rings (SSSR count). The lowest BCUT2D eigenvalue weighted by Gasteiger charge is -2.01. The maximum atomic E-state index is 12.1. The molecule has 25 heavy (non-hydrogen) atoms. The SMILES string of the molecule is O=c1[nH][nH]c(-c2ccc3c(c2)OCO3)c1N=Nc1cc(Cl)cc(Cl)c1. The van der Waals surface area contributed by atoms with Gasteiger partial charge in [-0.25, -0.2) is 0 Å². The average Bonchev–Trinajstić information content (AvgIpc) is 3.17. The number of fused-ring (bicyclic) bond motifs is 1. The molecular formula is C16H10Cl2N4O3. The Kier molecular flexibility index (Phi) is 3.95. The summed E-state index contributed by atoms with van der Waals surface area (Å²) in [4.78, 5) is 12.1. The third kappa shape index (κ3) is 3.11. The van der Waals surface area contributed by atoms with Crippen molar-refractivity contribution >= 4 is 34.6 Å². The fourth-order valence-corrected chi connectivity index (χ4v) is 2.93. The third-order valence-corrected chi connectivity index (χ3v) is 3.96. The number of nitrogens with zero attached hydrogens (tertiary/aromatic N) is 2. The van der Waals surface area contributed by atoms with E-state index in [2.05, 4.69) is 20.4 Å². The number of aromatic nitrogens is 2. The standard InChI is InChI=1S/C16H10Cl2N4O3/c17-9-4-10(18)6-11(5-9)19-21-15-14(20-22-16(15)23)8-1-2-12-13(3-8)25-7-24-12/h1-6H,7H2,(H2,20,22,23). The summed E-state index contributed by atoms with van der Waals surface area (Å²) in [6.45, 7) is 0.171. The van der Waals surface area contributed by atoms with Crippen LogP contribution >= 0.6 is 23.2 Å². The molecule has 0 bridgehead atoms. The summed E-state index contributed by atoms with van der Waals surface area (Å²) in [5, 5.41) is 14.3. The van der Waals surface area contributed by atoms with Gasteiger partial charge in [0.2, 0.25) is 6.79 Å². The van der Waals surface area contributed by atoms with Gasteiger partial charge in [0.15, 0.2) is 17.2 Å². The average molecular weight is 377 g/mol. The zero-order chi connectivity index (χ0) is 17.4. The minimum Gasteiger partial charge on any atom is -0.454 e. The van der Waals surface area contributed by atoms with Gasteiger partial charge in [-0.1, -0.05) is 23.2 Å². The monoisotopic (exact) mass is 376 g/mol. The molecule has 2 N–H and O–H groups in total. The summed E-state index contributed by atoms with van der Waals surface area (Å²) >= 11 is 11.9. The molecule has 9 heteroatoms. The Balaban J connectivity index is 1.73. The predicted molar refractivity (Wildman–Crippen MR) is 93.6 cm³/mol. The molecule has 0 aliphatic carbocycles. The number of hydrogen-bond acceptors (Lipinski definition) is 5. The van der Waals surface area contributed by atoms with Gasteiger partial charge in [0.1, 0.15) is 0 Å². The zero-order valence-electron chi connectivity index (χ0n) is 12.5. The fraction of sp³-hybridized carbons (Fsp3) is 0.0625. The highest BCUT2D eigenvalue weighted by Gasteiger charge is 2.17. The van der Waals surface area contributed by atoms with Crippen molar-refractivity contribution in [3.05, 3.63) is 56.8 Å². The third-order valence-electron chi connectivity index (χ3n) is 3.53. The Labute approximate surface area is 151 Å². The van der Waals surface area contributed by atoms with Crippen molar-refractivity contribution in [3.8, 4) is 22.8 Å². The first kappa shape index (κ1) is 15.7. The van der Waals surface area contributed by atoms with Crippen LogP contribution in [0.15, 0.2) is 51.4 Å². The summed E-state index contributed by atoms with van der Waals surface area (Å²) < 4.78 is 10.6. The Morgan fingerprint density at radius 3 is 2.48 bits per heavy atom. The highest BCUT2D eigenvalue weighted by atomic mass is 35.5. The summed E-state index contributed by atoms with van der Waals surface area (Å²) in [5.41, 5.74) is 1.37. The van der Waals surface area contributed by atoms with Crippen LogP contribution in [-0.4, -0.2) is 17.0 Å². The van der Waals surface area contributed by atoms with Gasteiger partial charge >= 0.3 is 0 Å². The number of aromatic amines is 2. The molecule has 1 aliphatic rings. The molecule has 0 amide bonds. The summed E-state index contributed by atoms with van der Waals surface area (Å²) in [6.07, 6.45) is 0. The van der Waals surface area contributed by atoms with Crippen LogP contribution in [0.3, 0.4) is 0 Å². The van der Waals surface area contributed by atoms with E-state index in [-0.39, 0.29) is 12.5 Å². The van der Waals surface area contributed by atoms with Crippen LogP contribution in [0.2, 0.25) is 10.0 Å². The Hall–Kier alpha value is -2.77. The van der Waals surface area contributed by atoms with E-state index in [4.69, 9.17) is 32.7 Å². The minimum atomic E-state index is -0.399. The van der Waals surface area contributed by atoms with Crippen LogP contribution in [0.4, 0.5) is 11.4 Å². The van der Waals surface area contributed by atoms with Crippen molar-refractivity contribution in [1.82, 2.24) is 10.2 Å². The first-order chi connectivity index (χ1) is 12.1. The van der Waals surface area contributed by atoms with Crippen LogP contribution in [0.25, 0.3) is 11.3 Å². The first-order valence-corrected chi connectivity index (χ1v) is 7.94. The molecule has 0 unspecified atom stereocenters. The van der Waals surface area contributed by atoms with Crippen LogP contribution in [-0.2, 0) is 0 Å². The molecule has 0 radical (unpaired) electrons. The summed E-state index contributed by atoms with van der Waals surface area (Å²) in [5.74, 6) is 1.25. The van der Waals surface area contributed by atoms with Crippen LogP contribution in [0.1, 0.15) is 0 Å². The normalized spacial score (nSPS) is 12.9. The topological polar surface area (TPSA) is 91.8 Å². The highest BCUT2D eigenvalue weighted by Crippen LogP contribution is 2.37. The second-order valence-corrected chi connectivity index (χ2v) is 6.07. The Bertz CT molecular complexity index is 1020. The second-order valence-electron chi connectivity index (χ2n) is 5.20. The molecule has 0 fully saturated rings. The largest absolute Gasteiger partial charge is 0.454 e. The number of rotatable bonds is 3. The number of benzene rings is 2. The van der Waals surface area contributed by atoms with Crippen molar-refractivity contribution in [1.29, 1.82) is 0 Å². The van der Waals surface area contributed by atoms with Crippen LogP contribution < -0.4 is 15.0 Å². The van der Waals surface area contributed by atoms with E-state index in [1.54, 1.807) is 36.4 Å². The summed E-state index contributed by atoms with van der Waals surface area (Å²) in [6, 6.07) is 10.1. The Morgan fingerprint density at radius 1 is 0.920 bits per heavy atom. The molecule has 1 aromatic heterocycles. The van der Waals surface area contributed by atoms with Gasteiger partial charge in [-0.05, 0) is 36.4 Å². The van der Waals surface area contributed by atoms with Gasteiger partial charge in [0.25, 0.3) is 5.56 Å². The predicted octanol–water partition coefficient (Wildman–Crippen LogP) is 4.82. The molecule has 7 nitrogen and oxygen atoms in total. The Morgan fingerprint density at radius 2 is 1.68 bits per heavy atom. The molecule has 0 saturated carbocycles. The smallest absolute Gasteiger partial charge is 0.292 e. The number of H-pyrrole nitrogens is 2. The number of ether oxygens (including phenoxy) is 2. The maximum absolute atomic E-state index is 12.1. The lowest BCUT2D eigenvalue weighted by Crippen LogP contribution is -1.96. The van der Waals surface area contributed by atoms with E-state index < -0.39 is 5.56 Å². The van der Waals surface area contributed by atoms with Crippen molar-refractivity contribution in [2.45, 2.75) is 0 Å². The van der Waals surface area contributed by atoms with E-state index in [1.165, 1.54) is 0 Å². The van der Waals surface area contributed by atoms with Gasteiger partial charge in [-0.3, -0.25) is 15.0 Å². The molecule has 3 aromatic rings. The number of azo groups is 1. The molecule has 0 saturated heterocycles.